The van der Waals surface area contributed by atoms with Crippen LogP contribution in [-0.4, -0.2) is 13.1 Å². The minimum Gasteiger partial charge on any atom is -0.363 e. The molecule has 2 aromatic rings. The molecule has 0 radical (unpaired) electrons. The average Bonchev–Trinajstić information content (AvgIpc) is 2.47. The number of hydrogen-bond acceptors (Lipinski definition) is 2. The van der Waals surface area contributed by atoms with E-state index in [1.54, 1.807) is 12.1 Å². The molecule has 0 aliphatic rings. The van der Waals surface area contributed by atoms with Gasteiger partial charge in [-0.2, -0.15) is 0 Å². The summed E-state index contributed by atoms with van der Waals surface area (Å²) in [5, 5.41) is 0. The highest BCUT2D eigenvalue weighted by Gasteiger charge is 2.20. The normalized spacial score (nSPS) is 12.2. The fourth-order valence-corrected chi connectivity index (χ4v) is 2.40. The van der Waals surface area contributed by atoms with Crippen molar-refractivity contribution >= 4 is 5.69 Å². The molecule has 2 N–H and O–H groups in total. The van der Waals surface area contributed by atoms with Crippen molar-refractivity contribution in [2.45, 2.75) is 13.0 Å². The van der Waals surface area contributed by atoms with Crippen molar-refractivity contribution < 1.29 is 13.2 Å². The molecular formula is C16H17F3N2. The molecular weight excluding hydrogens is 277 g/mol. The third-order valence-corrected chi connectivity index (χ3v) is 3.41. The van der Waals surface area contributed by atoms with Gasteiger partial charge in [0.05, 0.1) is 6.04 Å². The molecule has 0 aromatic heterocycles. The van der Waals surface area contributed by atoms with Crippen LogP contribution in [0.5, 0.6) is 0 Å². The van der Waals surface area contributed by atoms with Gasteiger partial charge in [-0.15, -0.1) is 0 Å². The molecule has 2 aromatic carbocycles. The zero-order valence-corrected chi connectivity index (χ0v) is 11.7. The second kappa shape index (κ2) is 6.63. The van der Waals surface area contributed by atoms with E-state index in [-0.39, 0.29) is 18.4 Å². The van der Waals surface area contributed by atoms with Gasteiger partial charge in [0, 0.05) is 18.8 Å². The summed E-state index contributed by atoms with van der Waals surface area (Å²) in [6, 6.07) is 9.46. The SMILES string of the molecule is CCN(c1cccc(F)c1)C(CN)c1ccc(F)c(F)c1. The molecule has 2 rings (SSSR count). The van der Waals surface area contributed by atoms with Gasteiger partial charge in [0.1, 0.15) is 5.82 Å². The Bertz CT molecular complexity index is 616. The number of anilines is 1. The fraction of sp³-hybridized carbons (Fsp3) is 0.250. The average molecular weight is 294 g/mol. The molecule has 21 heavy (non-hydrogen) atoms. The van der Waals surface area contributed by atoms with Crippen LogP contribution in [0.3, 0.4) is 0 Å². The van der Waals surface area contributed by atoms with Gasteiger partial charge in [-0.1, -0.05) is 12.1 Å². The van der Waals surface area contributed by atoms with Gasteiger partial charge in [0.2, 0.25) is 0 Å². The number of hydrogen-bond donors (Lipinski definition) is 1. The van der Waals surface area contributed by atoms with Crippen LogP contribution in [0.1, 0.15) is 18.5 Å². The van der Waals surface area contributed by atoms with Crippen molar-refractivity contribution in [3.05, 3.63) is 65.5 Å². The van der Waals surface area contributed by atoms with E-state index < -0.39 is 11.6 Å². The molecule has 1 unspecified atom stereocenters. The van der Waals surface area contributed by atoms with Crippen LogP contribution in [-0.2, 0) is 0 Å². The standard InChI is InChI=1S/C16H17F3N2/c1-2-21(13-5-3-4-12(17)9-13)16(10-20)11-6-7-14(18)15(19)8-11/h3-9,16H,2,10,20H2,1H3. The second-order valence-corrected chi connectivity index (χ2v) is 4.69. The maximum Gasteiger partial charge on any atom is 0.159 e. The third kappa shape index (κ3) is 3.36. The van der Waals surface area contributed by atoms with Gasteiger partial charge in [0.15, 0.2) is 11.6 Å². The maximum absolute atomic E-state index is 13.4. The predicted molar refractivity (Wildman–Crippen MR) is 77.6 cm³/mol. The van der Waals surface area contributed by atoms with Crippen molar-refractivity contribution in [2.75, 3.05) is 18.0 Å². The Morgan fingerprint density at radius 1 is 1.05 bits per heavy atom. The Hall–Kier alpha value is -2.01. The van der Waals surface area contributed by atoms with Crippen molar-refractivity contribution in [1.29, 1.82) is 0 Å². The molecule has 2 nitrogen and oxygen atoms in total. The number of benzene rings is 2. The zero-order chi connectivity index (χ0) is 15.4. The number of likely N-dealkylation sites (N-methyl/N-ethyl adjacent to an activating group) is 1. The van der Waals surface area contributed by atoms with Crippen LogP contribution in [0.15, 0.2) is 42.5 Å². The predicted octanol–water partition coefficient (Wildman–Crippen LogP) is 3.63. The van der Waals surface area contributed by atoms with Crippen molar-refractivity contribution in [3.8, 4) is 0 Å². The topological polar surface area (TPSA) is 29.3 Å². The number of halogens is 3. The Kier molecular flexibility index (Phi) is 4.85. The van der Waals surface area contributed by atoms with Gasteiger partial charge < -0.3 is 10.6 Å². The molecule has 0 heterocycles. The lowest BCUT2D eigenvalue weighted by Crippen LogP contribution is -2.33. The molecule has 0 fully saturated rings. The van der Waals surface area contributed by atoms with Crippen molar-refractivity contribution in [2.24, 2.45) is 5.73 Å². The highest BCUT2D eigenvalue weighted by molar-refractivity contribution is 5.49. The zero-order valence-electron chi connectivity index (χ0n) is 11.7. The van der Waals surface area contributed by atoms with Crippen LogP contribution in [0.4, 0.5) is 18.9 Å². The van der Waals surface area contributed by atoms with Crippen LogP contribution >= 0.6 is 0 Å². The smallest absolute Gasteiger partial charge is 0.159 e. The quantitative estimate of drug-likeness (QED) is 0.912. The van der Waals surface area contributed by atoms with Crippen LogP contribution in [0.2, 0.25) is 0 Å². The lowest BCUT2D eigenvalue weighted by molar-refractivity contribution is 0.504. The van der Waals surface area contributed by atoms with Gasteiger partial charge in [-0.05, 0) is 42.8 Å². The summed E-state index contributed by atoms with van der Waals surface area (Å²) in [7, 11) is 0. The third-order valence-electron chi connectivity index (χ3n) is 3.41. The summed E-state index contributed by atoms with van der Waals surface area (Å²) < 4.78 is 39.9. The van der Waals surface area contributed by atoms with E-state index in [1.165, 1.54) is 18.2 Å². The van der Waals surface area contributed by atoms with Crippen molar-refractivity contribution in [3.63, 3.8) is 0 Å². The highest BCUT2D eigenvalue weighted by atomic mass is 19.2. The summed E-state index contributed by atoms with van der Waals surface area (Å²) in [6.45, 7) is 2.66. The van der Waals surface area contributed by atoms with Gasteiger partial charge >= 0.3 is 0 Å². The molecule has 0 saturated carbocycles. The van der Waals surface area contributed by atoms with Crippen LogP contribution in [0, 0.1) is 17.5 Å². The lowest BCUT2D eigenvalue weighted by atomic mass is 10.0. The van der Waals surface area contributed by atoms with Crippen LogP contribution < -0.4 is 10.6 Å². The van der Waals surface area contributed by atoms with E-state index >= 15 is 0 Å². The Balaban J connectivity index is 2.39. The summed E-state index contributed by atoms with van der Waals surface area (Å²) in [6.07, 6.45) is 0. The first-order chi connectivity index (χ1) is 10.1. The van der Waals surface area contributed by atoms with E-state index in [4.69, 9.17) is 5.73 Å². The minimum absolute atomic E-state index is 0.204. The van der Waals surface area contributed by atoms with Crippen molar-refractivity contribution in [1.82, 2.24) is 0 Å². The molecule has 5 heteroatoms. The van der Waals surface area contributed by atoms with E-state index in [1.807, 2.05) is 11.8 Å². The molecule has 0 aliphatic carbocycles. The van der Waals surface area contributed by atoms with E-state index in [0.717, 1.165) is 12.1 Å². The first-order valence-electron chi connectivity index (χ1n) is 6.74. The number of nitrogens with two attached hydrogens (primary N) is 1. The van der Waals surface area contributed by atoms with E-state index in [2.05, 4.69) is 0 Å². The summed E-state index contributed by atoms with van der Waals surface area (Å²) in [4.78, 5) is 1.86. The van der Waals surface area contributed by atoms with E-state index in [9.17, 15) is 13.2 Å². The Labute approximate surface area is 122 Å². The van der Waals surface area contributed by atoms with Gasteiger partial charge in [-0.25, -0.2) is 13.2 Å². The maximum atomic E-state index is 13.4. The lowest BCUT2D eigenvalue weighted by Gasteiger charge is -2.32. The molecule has 0 aliphatic heterocycles. The van der Waals surface area contributed by atoms with Crippen LogP contribution in [0.25, 0.3) is 0 Å². The van der Waals surface area contributed by atoms with E-state index in [0.29, 0.717) is 17.8 Å². The number of rotatable bonds is 5. The molecule has 0 amide bonds. The molecule has 0 saturated heterocycles. The highest BCUT2D eigenvalue weighted by Crippen LogP contribution is 2.27. The fourth-order valence-electron chi connectivity index (χ4n) is 2.40. The first kappa shape index (κ1) is 15.4. The molecule has 1 atom stereocenters. The summed E-state index contributed by atoms with van der Waals surface area (Å²) in [5.41, 5.74) is 7.00. The molecule has 112 valence electrons. The minimum atomic E-state index is -0.916. The Morgan fingerprint density at radius 3 is 2.38 bits per heavy atom. The molecule has 0 bridgehead atoms. The molecule has 0 spiro atoms. The summed E-state index contributed by atoms with van der Waals surface area (Å²) >= 11 is 0. The first-order valence-corrected chi connectivity index (χ1v) is 6.74. The van der Waals surface area contributed by atoms with Gasteiger partial charge in [-0.3, -0.25) is 0 Å². The Morgan fingerprint density at radius 2 is 1.81 bits per heavy atom. The van der Waals surface area contributed by atoms with Gasteiger partial charge in [0.25, 0.3) is 0 Å². The summed E-state index contributed by atoms with van der Waals surface area (Å²) in [5.74, 6) is -2.17. The largest absolute Gasteiger partial charge is 0.363 e. The number of nitrogens with zero attached hydrogens (tertiary/aromatic N) is 1. The second-order valence-electron chi connectivity index (χ2n) is 4.69. The monoisotopic (exact) mass is 294 g/mol.